The first-order valence-corrected chi connectivity index (χ1v) is 13.4. The van der Waals surface area contributed by atoms with Gasteiger partial charge in [0.25, 0.3) is 5.56 Å². The van der Waals surface area contributed by atoms with Crippen molar-refractivity contribution in [3.8, 4) is 17.3 Å². The highest BCUT2D eigenvalue weighted by Crippen LogP contribution is 2.33. The van der Waals surface area contributed by atoms with E-state index in [2.05, 4.69) is 27.1 Å². The van der Waals surface area contributed by atoms with Crippen molar-refractivity contribution in [3.05, 3.63) is 128 Å². The van der Waals surface area contributed by atoms with Crippen LogP contribution in [-0.4, -0.2) is 15.9 Å². The molecule has 0 N–H and O–H groups in total. The zero-order chi connectivity index (χ0) is 26.9. The number of fused-ring (bicyclic) bond motifs is 2. The lowest BCUT2D eigenvalue weighted by Crippen LogP contribution is -2.20. The maximum Gasteiger partial charge on any atom is 0.282 e. The van der Waals surface area contributed by atoms with Gasteiger partial charge in [0.05, 0.1) is 21.6 Å². The van der Waals surface area contributed by atoms with Crippen LogP contribution in [0.2, 0.25) is 5.02 Å². The first kappa shape index (κ1) is 25.1. The summed E-state index contributed by atoms with van der Waals surface area (Å²) in [6.45, 7) is 2.39. The fourth-order valence-electron chi connectivity index (χ4n) is 4.39. The second-order valence-electron chi connectivity index (χ2n) is 9.05. The number of halogens is 2. The average molecular weight is 599 g/mol. The van der Waals surface area contributed by atoms with Crippen molar-refractivity contribution < 1.29 is 9.15 Å². The Morgan fingerprint density at radius 3 is 2.69 bits per heavy atom. The molecule has 2 aromatic heterocycles. The highest BCUT2D eigenvalue weighted by Gasteiger charge is 2.17. The first-order valence-electron chi connectivity index (χ1n) is 12.2. The maximum atomic E-state index is 13.6. The minimum absolute atomic E-state index is 0.287. The van der Waals surface area contributed by atoms with Crippen LogP contribution in [-0.2, 0) is 6.61 Å². The molecule has 4 aromatic carbocycles. The van der Waals surface area contributed by atoms with Crippen LogP contribution in [0.25, 0.3) is 33.5 Å². The van der Waals surface area contributed by atoms with E-state index in [0.29, 0.717) is 49.7 Å². The molecule has 6 nitrogen and oxygen atoms in total. The van der Waals surface area contributed by atoms with E-state index in [-0.39, 0.29) is 11.4 Å². The molecule has 8 heteroatoms. The highest BCUT2D eigenvalue weighted by molar-refractivity contribution is 9.10. The zero-order valence-corrected chi connectivity index (χ0v) is 23.1. The van der Waals surface area contributed by atoms with Crippen molar-refractivity contribution in [2.24, 2.45) is 5.10 Å². The Bertz CT molecular complexity index is 1910. The Hall–Kier alpha value is -4.20. The summed E-state index contributed by atoms with van der Waals surface area (Å²) in [5.41, 5.74) is 3.69. The van der Waals surface area contributed by atoms with E-state index in [1.807, 2.05) is 61.5 Å². The van der Waals surface area contributed by atoms with E-state index >= 15 is 0 Å². The molecule has 0 fully saturated rings. The van der Waals surface area contributed by atoms with Crippen LogP contribution in [0.3, 0.4) is 0 Å². The quantitative estimate of drug-likeness (QED) is 0.182. The lowest BCUT2D eigenvalue weighted by molar-refractivity contribution is 0.304. The lowest BCUT2D eigenvalue weighted by atomic mass is 10.1. The van der Waals surface area contributed by atoms with Crippen molar-refractivity contribution in [2.75, 3.05) is 0 Å². The summed E-state index contributed by atoms with van der Waals surface area (Å²) in [4.78, 5) is 18.4. The van der Waals surface area contributed by atoms with Gasteiger partial charge in [-0.2, -0.15) is 9.78 Å². The third kappa shape index (κ3) is 5.11. The summed E-state index contributed by atoms with van der Waals surface area (Å²) in [7, 11) is 0. The molecule has 192 valence electrons. The summed E-state index contributed by atoms with van der Waals surface area (Å²) >= 11 is 9.94. The van der Waals surface area contributed by atoms with Crippen molar-refractivity contribution in [3.63, 3.8) is 0 Å². The Balaban J connectivity index is 1.46. The van der Waals surface area contributed by atoms with E-state index in [9.17, 15) is 4.79 Å². The summed E-state index contributed by atoms with van der Waals surface area (Å²) in [5, 5.41) is 6.42. The molecular formula is C31H21BrClN3O3. The minimum atomic E-state index is -0.323. The molecule has 0 bridgehead atoms. The summed E-state index contributed by atoms with van der Waals surface area (Å²) in [6.07, 6.45) is 1.55. The van der Waals surface area contributed by atoms with Gasteiger partial charge in [0.15, 0.2) is 5.76 Å². The average Bonchev–Trinajstić information content (AvgIpc) is 3.36. The molecule has 6 rings (SSSR count). The van der Waals surface area contributed by atoms with Gasteiger partial charge >= 0.3 is 0 Å². The Labute approximate surface area is 237 Å². The van der Waals surface area contributed by atoms with Gasteiger partial charge in [-0.3, -0.25) is 4.79 Å². The van der Waals surface area contributed by atoms with Crippen LogP contribution in [0.4, 0.5) is 0 Å². The van der Waals surface area contributed by atoms with E-state index in [0.717, 1.165) is 16.5 Å². The first-order chi connectivity index (χ1) is 19.0. The van der Waals surface area contributed by atoms with Crippen molar-refractivity contribution >= 4 is 55.6 Å². The maximum absolute atomic E-state index is 13.6. The standard InChI is InChI=1S/C31H21BrClN3O3/c1-19-7-6-8-20(13-19)18-38-29-22(14-23(33)16-25(29)32)17-34-36-30(28-15-21-9-2-5-12-27(21)39-28)35-26-11-4-3-10-24(26)31(36)37/h2-17H,18H2,1H3. The summed E-state index contributed by atoms with van der Waals surface area (Å²) in [6, 6.07) is 28.2. The number of aryl methyl sites for hydroxylation is 1. The molecule has 39 heavy (non-hydrogen) atoms. The fraction of sp³-hybridized carbons (Fsp3) is 0.0645. The molecule has 0 unspecified atom stereocenters. The molecule has 0 atom stereocenters. The Kier molecular flexibility index (Phi) is 6.77. The number of furan rings is 1. The van der Waals surface area contributed by atoms with Crippen LogP contribution in [0, 0.1) is 6.92 Å². The van der Waals surface area contributed by atoms with Gasteiger partial charge in [-0.25, -0.2) is 4.98 Å². The van der Waals surface area contributed by atoms with Crippen molar-refractivity contribution in [1.82, 2.24) is 9.66 Å². The molecule has 0 spiro atoms. The van der Waals surface area contributed by atoms with Crippen LogP contribution < -0.4 is 10.3 Å². The van der Waals surface area contributed by atoms with Crippen molar-refractivity contribution in [2.45, 2.75) is 13.5 Å². The molecule has 0 radical (unpaired) electrons. The predicted molar refractivity (Wildman–Crippen MR) is 159 cm³/mol. The van der Waals surface area contributed by atoms with Gasteiger partial charge < -0.3 is 9.15 Å². The Morgan fingerprint density at radius 1 is 1.03 bits per heavy atom. The second-order valence-corrected chi connectivity index (χ2v) is 10.3. The lowest BCUT2D eigenvalue weighted by Gasteiger charge is -2.13. The zero-order valence-electron chi connectivity index (χ0n) is 20.8. The number of ether oxygens (including phenoxy) is 1. The SMILES string of the molecule is Cc1cccc(COc2c(Br)cc(Cl)cc2C=Nn2c(-c3cc4ccccc4o3)nc3ccccc3c2=O)c1. The number of hydrogen-bond donors (Lipinski definition) is 0. The van der Waals surface area contributed by atoms with Gasteiger partial charge in [0.2, 0.25) is 5.82 Å². The summed E-state index contributed by atoms with van der Waals surface area (Å²) in [5.74, 6) is 1.27. The molecule has 6 aromatic rings. The molecule has 0 aliphatic heterocycles. The number of nitrogens with zero attached hydrogens (tertiary/aromatic N) is 3. The van der Waals surface area contributed by atoms with Gasteiger partial charge in [-0.1, -0.05) is 71.8 Å². The van der Waals surface area contributed by atoms with E-state index in [1.54, 1.807) is 36.5 Å². The highest BCUT2D eigenvalue weighted by atomic mass is 79.9. The Morgan fingerprint density at radius 2 is 1.85 bits per heavy atom. The predicted octanol–water partition coefficient (Wildman–Crippen LogP) is 8.00. The largest absolute Gasteiger partial charge is 0.487 e. The molecule has 0 amide bonds. The van der Waals surface area contributed by atoms with Gasteiger partial charge in [-0.05, 0) is 64.8 Å². The fourth-order valence-corrected chi connectivity index (χ4v) is 5.34. The number of hydrogen-bond acceptors (Lipinski definition) is 5. The number of rotatable bonds is 6. The molecule has 0 aliphatic rings. The van der Waals surface area contributed by atoms with E-state index < -0.39 is 0 Å². The van der Waals surface area contributed by atoms with Crippen LogP contribution in [0.5, 0.6) is 5.75 Å². The van der Waals surface area contributed by atoms with Gasteiger partial charge in [0, 0.05) is 16.0 Å². The minimum Gasteiger partial charge on any atom is -0.487 e. The second kappa shape index (κ2) is 10.5. The molecule has 2 heterocycles. The van der Waals surface area contributed by atoms with Gasteiger partial charge in [0.1, 0.15) is 17.9 Å². The molecule has 0 saturated heterocycles. The van der Waals surface area contributed by atoms with Crippen LogP contribution in [0.15, 0.2) is 110 Å². The number of para-hydroxylation sites is 2. The third-order valence-electron chi connectivity index (χ3n) is 6.21. The van der Waals surface area contributed by atoms with Gasteiger partial charge in [-0.15, -0.1) is 0 Å². The number of benzene rings is 4. The van der Waals surface area contributed by atoms with E-state index in [1.165, 1.54) is 4.68 Å². The van der Waals surface area contributed by atoms with E-state index in [4.69, 9.17) is 25.7 Å². The third-order valence-corrected chi connectivity index (χ3v) is 7.02. The van der Waals surface area contributed by atoms with Crippen LogP contribution >= 0.6 is 27.5 Å². The molecule has 0 aliphatic carbocycles. The smallest absolute Gasteiger partial charge is 0.282 e. The topological polar surface area (TPSA) is 69.6 Å². The molecule has 0 saturated carbocycles. The summed E-state index contributed by atoms with van der Waals surface area (Å²) < 4.78 is 14.2. The van der Waals surface area contributed by atoms with Crippen LogP contribution in [0.1, 0.15) is 16.7 Å². The molecular weight excluding hydrogens is 578 g/mol. The van der Waals surface area contributed by atoms with Crippen molar-refractivity contribution in [1.29, 1.82) is 0 Å². The number of aromatic nitrogens is 2. The normalized spacial score (nSPS) is 11.6. The monoisotopic (exact) mass is 597 g/mol.